The van der Waals surface area contributed by atoms with Crippen LogP contribution in [0.4, 0.5) is 20.3 Å². The van der Waals surface area contributed by atoms with Crippen molar-refractivity contribution in [2.75, 3.05) is 43.9 Å². The normalized spacial score (nSPS) is 13.2. The Labute approximate surface area is 234 Å². The average Bonchev–Trinajstić information content (AvgIpc) is 2.97. The van der Waals surface area contributed by atoms with E-state index in [-0.39, 0.29) is 28.6 Å². The molecule has 0 unspecified atom stereocenters. The van der Waals surface area contributed by atoms with E-state index >= 15 is 4.39 Å². The Morgan fingerprint density at radius 3 is 2.61 bits per heavy atom. The maximum Gasteiger partial charge on any atom is 0.267 e. The zero-order valence-electron chi connectivity index (χ0n) is 21.8. The molecule has 4 aromatic rings. The average molecular weight is 558 g/mol. The van der Waals surface area contributed by atoms with E-state index in [9.17, 15) is 14.0 Å². The number of hydrogen-bond acceptors (Lipinski definition) is 7. The summed E-state index contributed by atoms with van der Waals surface area (Å²) in [5, 5.41) is 2.52. The summed E-state index contributed by atoms with van der Waals surface area (Å²) in [5.41, 5.74) is 6.06. The molecule has 41 heavy (non-hydrogen) atoms. The summed E-state index contributed by atoms with van der Waals surface area (Å²) < 4.78 is 40.6. The second kappa shape index (κ2) is 12.4. The summed E-state index contributed by atoms with van der Waals surface area (Å²) in [4.78, 5) is 32.0. The Bertz CT molecular complexity index is 1690. The van der Waals surface area contributed by atoms with Crippen molar-refractivity contribution in [3.8, 4) is 29.0 Å². The molecule has 0 aliphatic carbocycles. The number of anilines is 2. The Kier molecular flexibility index (Phi) is 8.34. The van der Waals surface area contributed by atoms with Crippen LogP contribution in [0.25, 0.3) is 5.69 Å². The highest BCUT2D eigenvalue weighted by Gasteiger charge is 2.16. The molecule has 1 saturated heterocycles. The smallest absolute Gasteiger partial charge is 0.267 e. The number of aromatic nitrogens is 2. The summed E-state index contributed by atoms with van der Waals surface area (Å²) in [7, 11) is 0. The second-order valence-corrected chi connectivity index (χ2v) is 9.03. The molecule has 3 heterocycles. The number of nitrogens with zero attached hydrogens (tertiary/aromatic N) is 3. The lowest BCUT2D eigenvalue weighted by Crippen LogP contribution is -2.36. The van der Waals surface area contributed by atoms with Gasteiger partial charge >= 0.3 is 0 Å². The van der Waals surface area contributed by atoms with Crippen molar-refractivity contribution in [2.24, 2.45) is 0 Å². The van der Waals surface area contributed by atoms with Crippen LogP contribution in [0.15, 0.2) is 77.9 Å². The molecule has 208 valence electrons. The van der Waals surface area contributed by atoms with Gasteiger partial charge < -0.3 is 20.5 Å². The molecule has 3 N–H and O–H groups in total. The van der Waals surface area contributed by atoms with Crippen molar-refractivity contribution in [3.63, 3.8) is 0 Å². The molecule has 1 amide bonds. The Hall–Kier alpha value is -5.05. The van der Waals surface area contributed by atoms with Gasteiger partial charge in [0.05, 0.1) is 19.8 Å². The van der Waals surface area contributed by atoms with Gasteiger partial charge in [0.15, 0.2) is 11.6 Å². The lowest BCUT2D eigenvalue weighted by Gasteiger charge is -2.24. The summed E-state index contributed by atoms with van der Waals surface area (Å²) in [5.74, 6) is 4.33. The first-order chi connectivity index (χ1) is 19.9. The molecule has 0 bridgehead atoms. The predicted molar refractivity (Wildman–Crippen MR) is 149 cm³/mol. The number of carbonyl (C=O) groups is 1. The fourth-order valence-electron chi connectivity index (χ4n) is 4.12. The van der Waals surface area contributed by atoms with Crippen molar-refractivity contribution < 1.29 is 23.0 Å². The molecule has 0 radical (unpaired) electrons. The standard InChI is InChI=1S/C30H25F2N5O4/c31-20-5-8-22(9-6-20)37-14-2-4-24(30(37)39)29(38)35-21-7-10-27(25(32)19-21)41-26-11-12-34-28(33)23(26)3-1-13-36-15-17-40-18-16-36/h2,4-12,14,19H,13,15-18H2,(H2,33,34)(H,35,38). The molecule has 11 heteroatoms. The maximum absolute atomic E-state index is 15.0. The van der Waals surface area contributed by atoms with E-state index < -0.39 is 23.1 Å². The molecule has 0 saturated carbocycles. The molecule has 2 aromatic heterocycles. The SMILES string of the molecule is Nc1nccc(Oc2ccc(NC(=O)c3cccn(-c4ccc(F)cc4)c3=O)cc2F)c1C#CCN1CCOCC1. The molecule has 1 aliphatic rings. The summed E-state index contributed by atoms with van der Waals surface area (Å²) >= 11 is 0. The number of nitrogens with one attached hydrogen (secondary N) is 1. The van der Waals surface area contributed by atoms with E-state index in [1.165, 1.54) is 71.6 Å². The van der Waals surface area contributed by atoms with Gasteiger partial charge in [0.2, 0.25) is 0 Å². The summed E-state index contributed by atoms with van der Waals surface area (Å²) in [6, 6.07) is 13.5. The lowest BCUT2D eigenvalue weighted by atomic mass is 10.2. The van der Waals surface area contributed by atoms with Crippen molar-refractivity contribution in [2.45, 2.75) is 0 Å². The van der Waals surface area contributed by atoms with Crippen LogP contribution >= 0.6 is 0 Å². The summed E-state index contributed by atoms with van der Waals surface area (Å²) in [6.07, 6.45) is 2.90. The minimum absolute atomic E-state index is 0.108. The number of benzene rings is 2. The maximum atomic E-state index is 15.0. The van der Waals surface area contributed by atoms with Gasteiger partial charge in [-0.05, 0) is 48.5 Å². The van der Waals surface area contributed by atoms with Gasteiger partial charge in [-0.25, -0.2) is 13.8 Å². The van der Waals surface area contributed by atoms with Crippen molar-refractivity contribution in [1.29, 1.82) is 0 Å². The van der Waals surface area contributed by atoms with Gasteiger partial charge in [-0.2, -0.15) is 0 Å². The Morgan fingerprint density at radius 1 is 1.07 bits per heavy atom. The number of nitrogens with two attached hydrogens (primary N) is 1. The highest BCUT2D eigenvalue weighted by molar-refractivity contribution is 6.04. The van der Waals surface area contributed by atoms with E-state index in [2.05, 4.69) is 27.0 Å². The number of pyridine rings is 2. The minimum Gasteiger partial charge on any atom is -0.453 e. The third-order valence-electron chi connectivity index (χ3n) is 6.27. The molecular weight excluding hydrogens is 532 g/mol. The monoisotopic (exact) mass is 557 g/mol. The number of carbonyl (C=O) groups excluding carboxylic acids is 1. The van der Waals surface area contributed by atoms with Crippen LogP contribution in [0.1, 0.15) is 15.9 Å². The fraction of sp³-hybridized carbons (Fsp3) is 0.167. The van der Waals surface area contributed by atoms with Crippen LogP contribution in [-0.2, 0) is 4.74 Å². The van der Waals surface area contributed by atoms with Crippen LogP contribution in [-0.4, -0.2) is 53.2 Å². The number of ether oxygens (including phenoxy) is 2. The lowest BCUT2D eigenvalue weighted by molar-refractivity contribution is 0.0443. The van der Waals surface area contributed by atoms with Crippen molar-refractivity contribution >= 4 is 17.4 Å². The van der Waals surface area contributed by atoms with E-state index in [1.54, 1.807) is 0 Å². The predicted octanol–water partition coefficient (Wildman–Crippen LogP) is 3.82. The van der Waals surface area contributed by atoms with Crippen LogP contribution in [0.2, 0.25) is 0 Å². The topological polar surface area (TPSA) is 112 Å². The third kappa shape index (κ3) is 6.58. The number of rotatable bonds is 6. The zero-order chi connectivity index (χ0) is 28.8. The van der Waals surface area contributed by atoms with E-state index in [4.69, 9.17) is 15.2 Å². The molecule has 1 fully saturated rings. The summed E-state index contributed by atoms with van der Waals surface area (Å²) in [6.45, 7) is 3.38. The quantitative estimate of drug-likeness (QED) is 0.347. The van der Waals surface area contributed by atoms with Gasteiger partial charge in [0.25, 0.3) is 11.5 Å². The number of halogens is 2. The van der Waals surface area contributed by atoms with Gasteiger partial charge in [-0.15, -0.1) is 0 Å². The van der Waals surface area contributed by atoms with Crippen LogP contribution < -0.4 is 21.3 Å². The van der Waals surface area contributed by atoms with E-state index in [0.29, 0.717) is 31.0 Å². The number of amides is 1. The Balaban J connectivity index is 1.31. The molecular formula is C30H25F2N5O4. The molecule has 5 rings (SSSR count). The first-order valence-electron chi connectivity index (χ1n) is 12.7. The molecule has 1 aliphatic heterocycles. The van der Waals surface area contributed by atoms with E-state index in [0.717, 1.165) is 19.2 Å². The van der Waals surface area contributed by atoms with Crippen LogP contribution in [0, 0.1) is 23.5 Å². The molecule has 0 atom stereocenters. The zero-order valence-corrected chi connectivity index (χ0v) is 21.8. The van der Waals surface area contributed by atoms with Crippen molar-refractivity contribution in [1.82, 2.24) is 14.5 Å². The van der Waals surface area contributed by atoms with Crippen LogP contribution in [0.5, 0.6) is 11.5 Å². The fourth-order valence-corrected chi connectivity index (χ4v) is 4.12. The molecule has 2 aromatic carbocycles. The van der Waals surface area contributed by atoms with Gasteiger partial charge in [-0.1, -0.05) is 11.8 Å². The number of nitrogen functional groups attached to an aromatic ring is 1. The molecule has 9 nitrogen and oxygen atoms in total. The number of morpholine rings is 1. The Morgan fingerprint density at radius 2 is 1.85 bits per heavy atom. The largest absolute Gasteiger partial charge is 0.453 e. The van der Waals surface area contributed by atoms with Gasteiger partial charge in [0.1, 0.15) is 28.5 Å². The van der Waals surface area contributed by atoms with Crippen LogP contribution in [0.3, 0.4) is 0 Å². The van der Waals surface area contributed by atoms with Gasteiger partial charge in [0, 0.05) is 49.0 Å². The van der Waals surface area contributed by atoms with E-state index in [1.807, 2.05) is 0 Å². The minimum atomic E-state index is -0.762. The second-order valence-electron chi connectivity index (χ2n) is 9.03. The van der Waals surface area contributed by atoms with Crippen molar-refractivity contribution in [3.05, 3.63) is 106 Å². The first-order valence-corrected chi connectivity index (χ1v) is 12.7. The highest BCUT2D eigenvalue weighted by atomic mass is 19.1. The number of hydrogen-bond donors (Lipinski definition) is 2. The third-order valence-corrected chi connectivity index (χ3v) is 6.27. The molecule has 0 spiro atoms. The van der Waals surface area contributed by atoms with Gasteiger partial charge in [-0.3, -0.25) is 19.1 Å². The highest BCUT2D eigenvalue weighted by Crippen LogP contribution is 2.30. The first kappa shape index (κ1) is 27.5.